The van der Waals surface area contributed by atoms with Crippen LogP contribution < -0.4 is 11.1 Å². The maximum absolute atomic E-state index is 11.3. The molecular formula is C14H20N2OS. The van der Waals surface area contributed by atoms with Crippen molar-refractivity contribution in [3.63, 3.8) is 0 Å². The molecule has 1 aromatic rings. The van der Waals surface area contributed by atoms with Crippen LogP contribution in [0.2, 0.25) is 0 Å². The molecule has 1 aliphatic heterocycles. The van der Waals surface area contributed by atoms with Gasteiger partial charge in [-0.25, -0.2) is 0 Å². The van der Waals surface area contributed by atoms with Gasteiger partial charge in [0.2, 0.25) is 5.91 Å². The molecule has 98 valence electrons. The second kappa shape index (κ2) is 6.81. The van der Waals surface area contributed by atoms with Gasteiger partial charge in [-0.1, -0.05) is 18.2 Å². The molecule has 0 spiro atoms. The number of carbonyl (C=O) groups is 1. The number of thioether (sulfide) groups is 1. The van der Waals surface area contributed by atoms with Crippen LogP contribution >= 0.6 is 11.8 Å². The Balaban J connectivity index is 1.84. The third-order valence-corrected chi connectivity index (χ3v) is 4.42. The number of hydrogen-bond acceptors (Lipinski definition) is 3. The maximum atomic E-state index is 11.3. The van der Waals surface area contributed by atoms with Gasteiger partial charge in [-0.2, -0.15) is 11.8 Å². The van der Waals surface area contributed by atoms with Gasteiger partial charge >= 0.3 is 0 Å². The normalized spacial score (nSPS) is 16.7. The van der Waals surface area contributed by atoms with Crippen molar-refractivity contribution >= 4 is 17.7 Å². The van der Waals surface area contributed by atoms with E-state index >= 15 is 0 Å². The molecule has 1 heterocycles. The lowest BCUT2D eigenvalue weighted by Crippen LogP contribution is -2.26. The molecule has 0 aliphatic carbocycles. The second-order valence-corrected chi connectivity index (χ2v) is 5.93. The van der Waals surface area contributed by atoms with Crippen LogP contribution in [0.25, 0.3) is 0 Å². The van der Waals surface area contributed by atoms with E-state index in [-0.39, 0.29) is 5.91 Å². The first-order valence-electron chi connectivity index (χ1n) is 6.43. The van der Waals surface area contributed by atoms with Crippen molar-refractivity contribution in [2.45, 2.75) is 19.4 Å². The second-order valence-electron chi connectivity index (χ2n) is 4.71. The fourth-order valence-corrected chi connectivity index (χ4v) is 3.48. The number of nitrogens with one attached hydrogen (secondary N) is 1. The highest BCUT2D eigenvalue weighted by Gasteiger charge is 2.13. The Morgan fingerprint density at radius 1 is 1.33 bits per heavy atom. The molecule has 0 saturated carbocycles. The van der Waals surface area contributed by atoms with E-state index in [1.165, 1.54) is 24.3 Å². The smallest absolute Gasteiger partial charge is 0.249 e. The molecule has 0 aromatic heterocycles. The molecule has 1 amide bonds. The number of amides is 1. The number of carbonyl (C=O) groups excluding carboxylic acids is 1. The molecule has 2 rings (SSSR count). The number of nitrogens with two attached hydrogens (primary N) is 1. The lowest BCUT2D eigenvalue weighted by molar-refractivity contribution is 0.0999. The molecule has 3 N–H and O–H groups in total. The molecule has 0 radical (unpaired) electrons. The zero-order valence-electron chi connectivity index (χ0n) is 10.5. The molecule has 0 unspecified atom stereocenters. The molecule has 1 saturated heterocycles. The number of hydrogen-bond donors (Lipinski definition) is 2. The fraction of sp³-hybridized carbons (Fsp3) is 0.500. The largest absolute Gasteiger partial charge is 0.366 e. The minimum Gasteiger partial charge on any atom is -0.366 e. The van der Waals surface area contributed by atoms with Crippen molar-refractivity contribution in [1.82, 2.24) is 5.32 Å². The first kappa shape index (κ1) is 13.4. The van der Waals surface area contributed by atoms with Gasteiger partial charge in [0, 0.05) is 12.1 Å². The van der Waals surface area contributed by atoms with Gasteiger partial charge in [-0.05, 0) is 48.4 Å². The van der Waals surface area contributed by atoms with Gasteiger partial charge in [0.05, 0.1) is 0 Å². The Morgan fingerprint density at radius 3 is 2.78 bits per heavy atom. The highest BCUT2D eigenvalue weighted by molar-refractivity contribution is 7.99. The van der Waals surface area contributed by atoms with Crippen molar-refractivity contribution in [3.8, 4) is 0 Å². The summed E-state index contributed by atoms with van der Waals surface area (Å²) < 4.78 is 0. The van der Waals surface area contributed by atoms with Gasteiger partial charge in [0.1, 0.15) is 0 Å². The molecule has 0 bridgehead atoms. The zero-order valence-corrected chi connectivity index (χ0v) is 11.3. The molecule has 18 heavy (non-hydrogen) atoms. The van der Waals surface area contributed by atoms with Crippen LogP contribution in [-0.2, 0) is 6.54 Å². The predicted molar refractivity (Wildman–Crippen MR) is 76.7 cm³/mol. The fourth-order valence-electron chi connectivity index (χ4n) is 2.28. The van der Waals surface area contributed by atoms with E-state index in [0.29, 0.717) is 5.56 Å². The van der Waals surface area contributed by atoms with E-state index in [2.05, 4.69) is 5.32 Å². The Bertz CT molecular complexity index is 403. The monoisotopic (exact) mass is 264 g/mol. The minimum atomic E-state index is -0.346. The number of primary amides is 1. The number of rotatable bonds is 5. The van der Waals surface area contributed by atoms with E-state index in [0.717, 1.165) is 24.6 Å². The summed E-state index contributed by atoms with van der Waals surface area (Å²) in [6.07, 6.45) is 2.60. The van der Waals surface area contributed by atoms with Crippen molar-refractivity contribution in [1.29, 1.82) is 0 Å². The summed E-state index contributed by atoms with van der Waals surface area (Å²) in [5, 5.41) is 3.45. The topological polar surface area (TPSA) is 55.1 Å². The Hall–Kier alpha value is -1.00. The van der Waals surface area contributed by atoms with Gasteiger partial charge in [0.25, 0.3) is 0 Å². The molecule has 0 atom stereocenters. The van der Waals surface area contributed by atoms with Crippen LogP contribution in [0.4, 0.5) is 0 Å². The first-order chi connectivity index (χ1) is 8.77. The molecule has 1 aliphatic rings. The predicted octanol–water partition coefficient (Wildman–Crippen LogP) is 2.02. The Kier molecular flexibility index (Phi) is 5.08. The van der Waals surface area contributed by atoms with E-state index in [9.17, 15) is 4.79 Å². The molecule has 3 nitrogen and oxygen atoms in total. The summed E-state index contributed by atoms with van der Waals surface area (Å²) in [4.78, 5) is 11.3. The summed E-state index contributed by atoms with van der Waals surface area (Å²) in [6.45, 7) is 1.76. The molecule has 1 aromatic carbocycles. The third kappa shape index (κ3) is 3.75. The zero-order chi connectivity index (χ0) is 12.8. The maximum Gasteiger partial charge on any atom is 0.249 e. The summed E-state index contributed by atoms with van der Waals surface area (Å²) in [5.41, 5.74) is 6.98. The summed E-state index contributed by atoms with van der Waals surface area (Å²) in [6, 6.07) is 7.54. The quantitative estimate of drug-likeness (QED) is 0.855. The van der Waals surface area contributed by atoms with Gasteiger partial charge in [-0.3, -0.25) is 4.79 Å². The first-order valence-corrected chi connectivity index (χ1v) is 7.59. The third-order valence-electron chi connectivity index (χ3n) is 3.37. The number of benzene rings is 1. The van der Waals surface area contributed by atoms with E-state index < -0.39 is 0 Å². The van der Waals surface area contributed by atoms with Crippen LogP contribution in [0.1, 0.15) is 28.8 Å². The van der Waals surface area contributed by atoms with Crippen molar-refractivity contribution in [2.75, 3.05) is 18.1 Å². The minimum absolute atomic E-state index is 0.346. The summed E-state index contributed by atoms with van der Waals surface area (Å²) >= 11 is 2.05. The van der Waals surface area contributed by atoms with Gasteiger partial charge < -0.3 is 11.1 Å². The highest BCUT2D eigenvalue weighted by atomic mass is 32.2. The van der Waals surface area contributed by atoms with E-state index in [4.69, 9.17) is 5.73 Å². The SMILES string of the molecule is NC(=O)c1ccccc1CNCC1CCSCC1. The molecule has 4 heteroatoms. The van der Waals surface area contributed by atoms with Crippen LogP contribution in [0.5, 0.6) is 0 Å². The van der Waals surface area contributed by atoms with Gasteiger partial charge in [-0.15, -0.1) is 0 Å². The van der Waals surface area contributed by atoms with Crippen LogP contribution in [0, 0.1) is 5.92 Å². The molecule has 1 fully saturated rings. The lowest BCUT2D eigenvalue weighted by atomic mass is 10.0. The van der Waals surface area contributed by atoms with Crippen molar-refractivity contribution in [3.05, 3.63) is 35.4 Å². The van der Waals surface area contributed by atoms with E-state index in [1.54, 1.807) is 6.07 Å². The molecular weight excluding hydrogens is 244 g/mol. The van der Waals surface area contributed by atoms with Crippen molar-refractivity contribution in [2.24, 2.45) is 11.7 Å². The Morgan fingerprint density at radius 2 is 2.06 bits per heavy atom. The summed E-state index contributed by atoms with van der Waals surface area (Å²) in [5.74, 6) is 3.00. The van der Waals surface area contributed by atoms with Crippen LogP contribution in [0.3, 0.4) is 0 Å². The van der Waals surface area contributed by atoms with Crippen molar-refractivity contribution < 1.29 is 4.79 Å². The Labute approximate surface area is 113 Å². The van der Waals surface area contributed by atoms with E-state index in [1.807, 2.05) is 30.0 Å². The lowest BCUT2D eigenvalue weighted by Gasteiger charge is -2.21. The average Bonchev–Trinajstić information content (AvgIpc) is 2.40. The standard InChI is InChI=1S/C14H20N2OS/c15-14(17)13-4-2-1-3-12(13)10-16-9-11-5-7-18-8-6-11/h1-4,11,16H,5-10H2,(H2,15,17). The summed E-state index contributed by atoms with van der Waals surface area (Å²) in [7, 11) is 0. The van der Waals surface area contributed by atoms with Crippen LogP contribution in [-0.4, -0.2) is 24.0 Å². The average molecular weight is 264 g/mol. The highest BCUT2D eigenvalue weighted by Crippen LogP contribution is 2.22. The van der Waals surface area contributed by atoms with Crippen LogP contribution in [0.15, 0.2) is 24.3 Å². The van der Waals surface area contributed by atoms with Gasteiger partial charge in [0.15, 0.2) is 0 Å².